The highest BCUT2D eigenvalue weighted by Gasteiger charge is 2.49. The van der Waals surface area contributed by atoms with E-state index < -0.39 is 0 Å². The van der Waals surface area contributed by atoms with E-state index in [2.05, 4.69) is 19.2 Å². The van der Waals surface area contributed by atoms with Crippen molar-refractivity contribution in [2.45, 2.75) is 40.0 Å². The van der Waals surface area contributed by atoms with E-state index in [1.807, 2.05) is 36.1 Å². The van der Waals surface area contributed by atoms with Gasteiger partial charge in [0.25, 0.3) is 0 Å². The van der Waals surface area contributed by atoms with Crippen LogP contribution in [-0.2, 0) is 9.59 Å². The molecule has 4 nitrogen and oxygen atoms in total. The summed E-state index contributed by atoms with van der Waals surface area (Å²) in [5.74, 6) is -0.169. The van der Waals surface area contributed by atoms with Crippen molar-refractivity contribution in [3.05, 3.63) is 29.8 Å². The van der Waals surface area contributed by atoms with E-state index >= 15 is 0 Å². The van der Waals surface area contributed by atoms with Gasteiger partial charge in [-0.2, -0.15) is 0 Å². The standard InChI is InChI=1S/C18H26N2O2/c1-4-9-20(10-5-2)18(22)16-12-15(16)17(21)19-14-8-6-7-13(3)11-14/h6-8,11,15-16H,4-5,9-10,12H2,1-3H3,(H,19,21). The lowest BCUT2D eigenvalue weighted by Gasteiger charge is -2.21. The number of amides is 2. The molecule has 1 N–H and O–H groups in total. The monoisotopic (exact) mass is 302 g/mol. The summed E-state index contributed by atoms with van der Waals surface area (Å²) in [4.78, 5) is 26.6. The Balaban J connectivity index is 1.90. The molecule has 2 atom stereocenters. The molecular formula is C18H26N2O2. The summed E-state index contributed by atoms with van der Waals surface area (Å²) in [6.07, 6.45) is 2.59. The highest BCUT2D eigenvalue weighted by molar-refractivity contribution is 5.99. The van der Waals surface area contributed by atoms with Crippen molar-refractivity contribution in [2.75, 3.05) is 18.4 Å². The third-order valence-electron chi connectivity index (χ3n) is 4.03. The first-order valence-electron chi connectivity index (χ1n) is 8.23. The molecule has 22 heavy (non-hydrogen) atoms. The fourth-order valence-electron chi connectivity index (χ4n) is 2.82. The van der Waals surface area contributed by atoms with E-state index in [0.717, 1.165) is 37.2 Å². The summed E-state index contributed by atoms with van der Waals surface area (Å²) < 4.78 is 0. The van der Waals surface area contributed by atoms with Crippen molar-refractivity contribution in [3.63, 3.8) is 0 Å². The van der Waals surface area contributed by atoms with Crippen LogP contribution in [0.4, 0.5) is 5.69 Å². The van der Waals surface area contributed by atoms with E-state index in [1.165, 1.54) is 0 Å². The molecule has 2 amide bonds. The number of nitrogens with one attached hydrogen (secondary N) is 1. The molecule has 0 radical (unpaired) electrons. The number of hydrogen-bond donors (Lipinski definition) is 1. The molecule has 1 aliphatic carbocycles. The smallest absolute Gasteiger partial charge is 0.228 e. The molecule has 0 saturated heterocycles. The lowest BCUT2D eigenvalue weighted by atomic mass is 10.2. The van der Waals surface area contributed by atoms with Crippen molar-refractivity contribution in [2.24, 2.45) is 11.8 Å². The first kappa shape index (κ1) is 16.5. The van der Waals surface area contributed by atoms with Gasteiger partial charge in [-0.25, -0.2) is 0 Å². The minimum absolute atomic E-state index is 0.0307. The molecule has 0 aromatic heterocycles. The molecule has 1 aromatic rings. The Morgan fingerprint density at radius 2 is 1.86 bits per heavy atom. The Morgan fingerprint density at radius 3 is 2.45 bits per heavy atom. The second-order valence-corrected chi connectivity index (χ2v) is 6.13. The molecule has 0 bridgehead atoms. The summed E-state index contributed by atoms with van der Waals surface area (Å²) in [7, 11) is 0. The Labute approximate surface area is 132 Å². The van der Waals surface area contributed by atoms with Crippen LogP contribution in [0.2, 0.25) is 0 Å². The molecule has 4 heteroatoms. The number of hydrogen-bond acceptors (Lipinski definition) is 2. The average molecular weight is 302 g/mol. The van der Waals surface area contributed by atoms with Crippen LogP contribution in [0.3, 0.4) is 0 Å². The van der Waals surface area contributed by atoms with Crippen molar-refractivity contribution in [3.8, 4) is 0 Å². The average Bonchev–Trinajstić information content (AvgIpc) is 3.27. The predicted molar refractivity (Wildman–Crippen MR) is 88.6 cm³/mol. The SMILES string of the molecule is CCCN(CCC)C(=O)C1CC1C(=O)Nc1cccc(C)c1. The van der Waals surface area contributed by atoms with Gasteiger partial charge in [0.1, 0.15) is 0 Å². The zero-order valence-electron chi connectivity index (χ0n) is 13.8. The lowest BCUT2D eigenvalue weighted by Crippen LogP contribution is -2.34. The molecule has 2 unspecified atom stereocenters. The molecule has 120 valence electrons. The molecule has 0 heterocycles. The maximum atomic E-state index is 12.5. The van der Waals surface area contributed by atoms with Crippen LogP contribution >= 0.6 is 0 Å². The highest BCUT2D eigenvalue weighted by atomic mass is 16.2. The Hall–Kier alpha value is -1.84. The molecule has 0 aliphatic heterocycles. The fraction of sp³-hybridized carbons (Fsp3) is 0.556. The lowest BCUT2D eigenvalue weighted by molar-refractivity contribution is -0.134. The van der Waals surface area contributed by atoms with Gasteiger partial charge in [0.2, 0.25) is 11.8 Å². The van der Waals surface area contributed by atoms with Gasteiger partial charge in [0.15, 0.2) is 0 Å². The second-order valence-electron chi connectivity index (χ2n) is 6.13. The summed E-state index contributed by atoms with van der Waals surface area (Å²) in [5.41, 5.74) is 1.92. The third kappa shape index (κ3) is 4.09. The third-order valence-corrected chi connectivity index (χ3v) is 4.03. The zero-order valence-corrected chi connectivity index (χ0v) is 13.8. The van der Waals surface area contributed by atoms with Crippen LogP contribution in [0, 0.1) is 18.8 Å². The van der Waals surface area contributed by atoms with Gasteiger partial charge in [-0.05, 0) is 43.9 Å². The zero-order chi connectivity index (χ0) is 16.1. The molecule has 1 fully saturated rings. The van der Waals surface area contributed by atoms with Crippen molar-refractivity contribution in [1.82, 2.24) is 4.90 Å². The largest absolute Gasteiger partial charge is 0.342 e. The first-order chi connectivity index (χ1) is 10.6. The van der Waals surface area contributed by atoms with Gasteiger partial charge >= 0.3 is 0 Å². The Bertz CT molecular complexity index is 536. The van der Waals surface area contributed by atoms with Crippen molar-refractivity contribution in [1.29, 1.82) is 0 Å². The predicted octanol–water partition coefficient (Wildman–Crippen LogP) is 3.22. The van der Waals surface area contributed by atoms with Crippen LogP contribution in [-0.4, -0.2) is 29.8 Å². The number of anilines is 1. The van der Waals surface area contributed by atoms with Crippen molar-refractivity contribution >= 4 is 17.5 Å². The summed E-state index contributed by atoms with van der Waals surface area (Å²) >= 11 is 0. The van der Waals surface area contributed by atoms with Gasteiger partial charge in [0.05, 0.1) is 11.8 Å². The Kier molecular flexibility index (Phi) is 5.58. The number of carbonyl (C=O) groups excluding carboxylic acids is 2. The van der Waals surface area contributed by atoms with Crippen LogP contribution in [0.25, 0.3) is 0 Å². The maximum absolute atomic E-state index is 12.5. The van der Waals surface area contributed by atoms with Gasteiger partial charge in [-0.1, -0.05) is 26.0 Å². The van der Waals surface area contributed by atoms with Gasteiger partial charge in [0, 0.05) is 18.8 Å². The molecule has 1 aliphatic rings. The first-order valence-corrected chi connectivity index (χ1v) is 8.23. The van der Waals surface area contributed by atoms with Crippen molar-refractivity contribution < 1.29 is 9.59 Å². The second kappa shape index (κ2) is 7.43. The highest BCUT2D eigenvalue weighted by Crippen LogP contribution is 2.41. The van der Waals surface area contributed by atoms with Crippen LogP contribution in [0.15, 0.2) is 24.3 Å². The molecule has 0 spiro atoms. The summed E-state index contributed by atoms with van der Waals surface area (Å²) in [5, 5.41) is 2.92. The minimum atomic E-state index is -0.163. The van der Waals surface area contributed by atoms with Crippen LogP contribution in [0.5, 0.6) is 0 Å². The number of benzene rings is 1. The number of carbonyl (C=O) groups is 2. The Morgan fingerprint density at radius 1 is 1.18 bits per heavy atom. The number of rotatable bonds is 7. The van der Waals surface area contributed by atoms with E-state index in [4.69, 9.17) is 0 Å². The summed E-state index contributed by atoms with van der Waals surface area (Å²) in [6.45, 7) is 7.72. The van der Waals surface area contributed by atoms with Gasteiger partial charge in [-0.15, -0.1) is 0 Å². The van der Waals surface area contributed by atoms with Gasteiger partial charge < -0.3 is 10.2 Å². The molecule has 1 aromatic carbocycles. The molecule has 2 rings (SSSR count). The van der Waals surface area contributed by atoms with E-state index in [1.54, 1.807) is 0 Å². The summed E-state index contributed by atoms with van der Waals surface area (Å²) in [6, 6.07) is 7.74. The van der Waals surface area contributed by atoms with E-state index in [0.29, 0.717) is 6.42 Å². The normalized spacial score (nSPS) is 19.6. The van der Waals surface area contributed by atoms with Gasteiger partial charge in [-0.3, -0.25) is 9.59 Å². The molecular weight excluding hydrogens is 276 g/mol. The molecule has 1 saturated carbocycles. The fourth-order valence-corrected chi connectivity index (χ4v) is 2.82. The van der Waals surface area contributed by atoms with Crippen LogP contribution in [0.1, 0.15) is 38.7 Å². The van der Waals surface area contributed by atoms with E-state index in [9.17, 15) is 9.59 Å². The quantitative estimate of drug-likeness (QED) is 0.840. The maximum Gasteiger partial charge on any atom is 0.228 e. The minimum Gasteiger partial charge on any atom is -0.342 e. The topological polar surface area (TPSA) is 49.4 Å². The van der Waals surface area contributed by atoms with E-state index in [-0.39, 0.29) is 23.7 Å². The number of nitrogens with zero attached hydrogens (tertiary/aromatic N) is 1. The van der Waals surface area contributed by atoms with Crippen LogP contribution < -0.4 is 5.32 Å². The number of aryl methyl sites for hydroxylation is 1.